The number of aromatic nitrogens is 2. The topological polar surface area (TPSA) is 91.5 Å². The molecule has 0 fully saturated rings. The first-order chi connectivity index (χ1) is 10.6. The zero-order valence-corrected chi connectivity index (χ0v) is 13.3. The first-order valence-corrected chi connectivity index (χ1v) is 6.77. The maximum atomic E-state index is 5.86. The van der Waals surface area contributed by atoms with Gasteiger partial charge in [-0.05, 0) is 17.7 Å². The van der Waals surface area contributed by atoms with E-state index in [2.05, 4.69) is 15.3 Å². The number of hydrogen-bond acceptors (Lipinski definition) is 7. The number of methoxy groups -OCH3 is 3. The molecule has 0 saturated heterocycles. The van der Waals surface area contributed by atoms with E-state index in [4.69, 9.17) is 31.5 Å². The van der Waals surface area contributed by atoms with Crippen molar-refractivity contribution >= 4 is 23.1 Å². The predicted octanol–water partition coefficient (Wildman–Crippen LogP) is 2.35. The van der Waals surface area contributed by atoms with Crippen molar-refractivity contribution in [2.24, 2.45) is 0 Å². The molecule has 1 aromatic heterocycles. The molecule has 0 saturated carbocycles. The highest BCUT2D eigenvalue weighted by Crippen LogP contribution is 2.38. The molecule has 0 unspecified atom stereocenters. The minimum atomic E-state index is 0.211. The van der Waals surface area contributed by atoms with Crippen molar-refractivity contribution in [3.63, 3.8) is 0 Å². The second-order valence-corrected chi connectivity index (χ2v) is 4.67. The summed E-state index contributed by atoms with van der Waals surface area (Å²) in [6.45, 7) is 0.453. The van der Waals surface area contributed by atoms with Crippen LogP contribution in [-0.4, -0.2) is 31.3 Å². The van der Waals surface area contributed by atoms with Crippen LogP contribution in [0.15, 0.2) is 18.5 Å². The number of nitrogen functional groups attached to an aromatic ring is 1. The van der Waals surface area contributed by atoms with E-state index in [0.29, 0.717) is 35.3 Å². The Morgan fingerprint density at radius 3 is 2.27 bits per heavy atom. The van der Waals surface area contributed by atoms with Crippen LogP contribution in [0.5, 0.6) is 17.2 Å². The Hall–Kier alpha value is -2.41. The lowest BCUT2D eigenvalue weighted by atomic mass is 10.1. The Morgan fingerprint density at radius 2 is 1.73 bits per heavy atom. The fraction of sp³-hybridized carbons (Fsp3) is 0.286. The second kappa shape index (κ2) is 7.04. The van der Waals surface area contributed by atoms with Crippen molar-refractivity contribution in [1.82, 2.24) is 9.97 Å². The van der Waals surface area contributed by atoms with Crippen molar-refractivity contribution in [3.8, 4) is 17.2 Å². The average molecular weight is 325 g/mol. The summed E-state index contributed by atoms with van der Waals surface area (Å²) in [5.74, 6) is 2.16. The molecule has 0 atom stereocenters. The number of ether oxygens (including phenoxy) is 3. The summed E-state index contributed by atoms with van der Waals surface area (Å²) in [7, 11) is 4.69. The Bertz CT molecular complexity index is 642. The van der Waals surface area contributed by atoms with Gasteiger partial charge in [-0.2, -0.15) is 0 Å². The first-order valence-electron chi connectivity index (χ1n) is 6.39. The number of nitrogens with zero attached hydrogens (tertiary/aromatic N) is 2. The van der Waals surface area contributed by atoms with Gasteiger partial charge in [0.1, 0.15) is 12.0 Å². The van der Waals surface area contributed by atoms with E-state index in [-0.39, 0.29) is 5.15 Å². The SMILES string of the molecule is COc1cc(CNc2ncnc(Cl)c2N)cc(OC)c1OC. The van der Waals surface area contributed by atoms with E-state index in [1.54, 1.807) is 21.3 Å². The second-order valence-electron chi connectivity index (χ2n) is 4.31. The Labute approximate surface area is 133 Å². The molecule has 1 aromatic carbocycles. The van der Waals surface area contributed by atoms with E-state index in [1.807, 2.05) is 12.1 Å². The summed E-state index contributed by atoms with van der Waals surface area (Å²) in [5.41, 5.74) is 7.02. The maximum absolute atomic E-state index is 5.86. The predicted molar refractivity (Wildman–Crippen MR) is 84.9 cm³/mol. The molecule has 2 aromatic rings. The molecule has 7 nitrogen and oxygen atoms in total. The number of nitrogens with one attached hydrogen (secondary N) is 1. The smallest absolute Gasteiger partial charge is 0.203 e. The van der Waals surface area contributed by atoms with Gasteiger partial charge in [0, 0.05) is 6.54 Å². The number of hydrogen-bond donors (Lipinski definition) is 2. The van der Waals surface area contributed by atoms with Gasteiger partial charge in [-0.25, -0.2) is 9.97 Å². The van der Waals surface area contributed by atoms with Crippen LogP contribution in [0, 0.1) is 0 Å². The van der Waals surface area contributed by atoms with Crippen LogP contribution in [0.3, 0.4) is 0 Å². The normalized spacial score (nSPS) is 10.2. The molecule has 0 aliphatic carbocycles. The lowest BCUT2D eigenvalue weighted by Crippen LogP contribution is -2.06. The molecule has 8 heteroatoms. The molecule has 0 spiro atoms. The zero-order valence-electron chi connectivity index (χ0n) is 12.5. The molecule has 2 rings (SSSR count). The summed E-state index contributed by atoms with van der Waals surface area (Å²) in [6, 6.07) is 3.68. The van der Waals surface area contributed by atoms with Crippen LogP contribution >= 0.6 is 11.6 Å². The van der Waals surface area contributed by atoms with Gasteiger partial charge in [-0.1, -0.05) is 11.6 Å². The Balaban J connectivity index is 2.24. The van der Waals surface area contributed by atoms with Crippen molar-refractivity contribution in [2.45, 2.75) is 6.54 Å². The van der Waals surface area contributed by atoms with E-state index < -0.39 is 0 Å². The lowest BCUT2D eigenvalue weighted by molar-refractivity contribution is 0.324. The molecule has 0 radical (unpaired) electrons. The Morgan fingerprint density at radius 1 is 1.09 bits per heavy atom. The quantitative estimate of drug-likeness (QED) is 0.788. The third-order valence-electron chi connectivity index (χ3n) is 3.02. The third-order valence-corrected chi connectivity index (χ3v) is 3.32. The number of halogens is 1. The highest BCUT2D eigenvalue weighted by atomic mass is 35.5. The summed E-state index contributed by atoms with van der Waals surface area (Å²) >= 11 is 5.86. The first kappa shape index (κ1) is 16.0. The number of anilines is 2. The van der Waals surface area contributed by atoms with Gasteiger partial charge in [-0.3, -0.25) is 0 Å². The number of rotatable bonds is 6. The van der Waals surface area contributed by atoms with Crippen LogP contribution < -0.4 is 25.3 Å². The number of benzene rings is 1. The average Bonchev–Trinajstić information content (AvgIpc) is 2.55. The van der Waals surface area contributed by atoms with Crippen molar-refractivity contribution < 1.29 is 14.2 Å². The fourth-order valence-corrected chi connectivity index (χ4v) is 2.07. The van der Waals surface area contributed by atoms with Gasteiger partial charge in [0.2, 0.25) is 5.75 Å². The van der Waals surface area contributed by atoms with Crippen LogP contribution in [0.2, 0.25) is 5.15 Å². The van der Waals surface area contributed by atoms with Gasteiger partial charge >= 0.3 is 0 Å². The molecule has 0 aliphatic heterocycles. The van der Waals surface area contributed by atoms with Crippen LogP contribution in [0.4, 0.5) is 11.5 Å². The van der Waals surface area contributed by atoms with E-state index in [9.17, 15) is 0 Å². The van der Waals surface area contributed by atoms with Gasteiger partial charge in [0.05, 0.1) is 21.3 Å². The van der Waals surface area contributed by atoms with Gasteiger partial charge in [0.25, 0.3) is 0 Å². The standard InChI is InChI=1S/C14H17ClN4O3/c1-20-9-4-8(5-10(21-2)12(9)22-3)6-17-14-11(16)13(15)18-7-19-14/h4-5,7H,6,16H2,1-3H3,(H,17,18,19). The monoisotopic (exact) mass is 324 g/mol. The highest BCUT2D eigenvalue weighted by molar-refractivity contribution is 6.32. The largest absolute Gasteiger partial charge is 0.493 e. The number of nitrogens with two attached hydrogens (primary N) is 1. The van der Waals surface area contributed by atoms with E-state index >= 15 is 0 Å². The molecular weight excluding hydrogens is 308 g/mol. The molecule has 0 aliphatic rings. The van der Waals surface area contributed by atoms with Crippen molar-refractivity contribution in [3.05, 3.63) is 29.2 Å². The summed E-state index contributed by atoms with van der Waals surface area (Å²) < 4.78 is 15.9. The van der Waals surface area contributed by atoms with E-state index in [1.165, 1.54) is 6.33 Å². The Kier molecular flexibility index (Phi) is 5.11. The van der Waals surface area contributed by atoms with Crippen LogP contribution in [0.25, 0.3) is 0 Å². The van der Waals surface area contributed by atoms with Crippen LogP contribution in [0.1, 0.15) is 5.56 Å². The summed E-state index contributed by atoms with van der Waals surface area (Å²) in [5, 5.41) is 3.31. The molecule has 22 heavy (non-hydrogen) atoms. The molecule has 0 bridgehead atoms. The third kappa shape index (κ3) is 3.25. The van der Waals surface area contributed by atoms with Crippen molar-refractivity contribution in [2.75, 3.05) is 32.4 Å². The highest BCUT2D eigenvalue weighted by Gasteiger charge is 2.13. The molecule has 0 amide bonds. The summed E-state index contributed by atoms with van der Waals surface area (Å²) in [6.07, 6.45) is 1.34. The molecule has 118 valence electrons. The van der Waals surface area contributed by atoms with E-state index in [0.717, 1.165) is 5.56 Å². The zero-order chi connectivity index (χ0) is 16.1. The summed E-state index contributed by atoms with van der Waals surface area (Å²) in [4.78, 5) is 7.86. The molecular formula is C14H17ClN4O3. The fourth-order valence-electron chi connectivity index (χ4n) is 1.94. The van der Waals surface area contributed by atoms with Gasteiger partial charge < -0.3 is 25.3 Å². The molecule has 3 N–H and O–H groups in total. The lowest BCUT2D eigenvalue weighted by Gasteiger charge is -2.15. The molecule has 1 heterocycles. The minimum Gasteiger partial charge on any atom is -0.493 e. The van der Waals surface area contributed by atoms with Gasteiger partial charge in [0.15, 0.2) is 22.5 Å². The van der Waals surface area contributed by atoms with Crippen LogP contribution in [-0.2, 0) is 6.54 Å². The van der Waals surface area contributed by atoms with Crippen molar-refractivity contribution in [1.29, 1.82) is 0 Å². The van der Waals surface area contributed by atoms with Gasteiger partial charge in [-0.15, -0.1) is 0 Å². The minimum absolute atomic E-state index is 0.211. The maximum Gasteiger partial charge on any atom is 0.203 e.